The van der Waals surface area contributed by atoms with Crippen molar-refractivity contribution in [3.63, 3.8) is 0 Å². The van der Waals surface area contributed by atoms with Crippen molar-refractivity contribution in [3.05, 3.63) is 59.2 Å². The van der Waals surface area contributed by atoms with Crippen LogP contribution in [0.1, 0.15) is 55.2 Å². The molecule has 2 aliphatic rings. The molecule has 2 heterocycles. The Morgan fingerprint density at radius 3 is 2.71 bits per heavy atom. The predicted molar refractivity (Wildman–Crippen MR) is 126 cm³/mol. The van der Waals surface area contributed by atoms with Crippen LogP contribution in [0.4, 0.5) is 5.69 Å². The van der Waals surface area contributed by atoms with Crippen LogP contribution in [0.5, 0.6) is 5.75 Å². The molecule has 2 aromatic rings. The number of carbonyl (C=O) groups is 1. The van der Waals surface area contributed by atoms with Gasteiger partial charge >= 0.3 is 0 Å². The second-order valence-electron chi connectivity index (χ2n) is 9.05. The van der Waals surface area contributed by atoms with E-state index in [0.717, 1.165) is 36.5 Å². The van der Waals surface area contributed by atoms with Gasteiger partial charge in [-0.25, -0.2) is 0 Å². The van der Waals surface area contributed by atoms with Gasteiger partial charge in [0, 0.05) is 49.9 Å². The summed E-state index contributed by atoms with van der Waals surface area (Å²) < 4.78 is 5.66. The average Bonchev–Trinajstić information content (AvgIpc) is 2.81. The summed E-state index contributed by atoms with van der Waals surface area (Å²) in [5, 5.41) is 7.46. The number of piperidine rings is 1. The topological polar surface area (TPSA) is 53.6 Å². The van der Waals surface area contributed by atoms with Gasteiger partial charge in [-0.2, -0.15) is 0 Å². The molecule has 0 bridgehead atoms. The Bertz CT molecular complexity index is 891. The maximum absolute atomic E-state index is 12.1. The number of amides is 1. The van der Waals surface area contributed by atoms with Gasteiger partial charge < -0.3 is 20.3 Å². The zero-order valence-electron chi connectivity index (χ0n) is 19.0. The first-order chi connectivity index (χ1) is 15.0. The van der Waals surface area contributed by atoms with Crippen LogP contribution < -0.4 is 20.3 Å². The van der Waals surface area contributed by atoms with Crippen LogP contribution in [0, 0.1) is 0 Å². The third-order valence-corrected chi connectivity index (χ3v) is 6.93. The van der Waals surface area contributed by atoms with Crippen LogP contribution in [0.2, 0.25) is 0 Å². The van der Waals surface area contributed by atoms with Gasteiger partial charge in [0.05, 0.1) is 7.11 Å². The van der Waals surface area contributed by atoms with E-state index >= 15 is 0 Å². The lowest BCUT2D eigenvalue weighted by Crippen LogP contribution is -2.47. The molecule has 3 unspecified atom stereocenters. The van der Waals surface area contributed by atoms with Crippen molar-refractivity contribution in [2.24, 2.45) is 0 Å². The van der Waals surface area contributed by atoms with Crippen molar-refractivity contribution >= 4 is 11.6 Å². The lowest BCUT2D eigenvalue weighted by molar-refractivity contribution is -0.118. The van der Waals surface area contributed by atoms with Crippen LogP contribution >= 0.6 is 0 Å². The Balaban J connectivity index is 1.31. The molecule has 5 heteroatoms. The highest BCUT2D eigenvalue weighted by molar-refractivity contribution is 5.96. The minimum absolute atomic E-state index is 0.184. The number of nitrogens with one attached hydrogen (secondary N) is 2. The number of methoxy groups -OCH3 is 1. The maximum atomic E-state index is 12.1. The molecule has 0 radical (unpaired) electrons. The number of nitrogens with zero attached hydrogens (tertiary/aromatic N) is 1. The fraction of sp³-hybridized carbons (Fsp3) is 0.500. The summed E-state index contributed by atoms with van der Waals surface area (Å²) in [7, 11) is 3.59. The number of rotatable bonds is 7. The van der Waals surface area contributed by atoms with Gasteiger partial charge in [-0.05, 0) is 54.9 Å². The zero-order valence-corrected chi connectivity index (χ0v) is 19.0. The van der Waals surface area contributed by atoms with Crippen molar-refractivity contribution in [1.82, 2.24) is 10.6 Å². The molecular formula is C26H35N3O2. The van der Waals surface area contributed by atoms with E-state index in [2.05, 4.69) is 60.0 Å². The van der Waals surface area contributed by atoms with E-state index in [1.165, 1.54) is 30.4 Å². The highest BCUT2D eigenvalue weighted by Gasteiger charge is 2.25. The first kappa shape index (κ1) is 21.8. The molecule has 4 rings (SSSR count). The Morgan fingerprint density at radius 2 is 2.00 bits per heavy atom. The molecule has 5 nitrogen and oxygen atoms in total. The van der Waals surface area contributed by atoms with Crippen LogP contribution in [-0.4, -0.2) is 38.7 Å². The number of aryl methyl sites for hydroxylation is 1. The largest absolute Gasteiger partial charge is 0.496 e. The van der Waals surface area contributed by atoms with Crippen LogP contribution in [-0.2, 0) is 17.8 Å². The molecule has 0 spiro atoms. The monoisotopic (exact) mass is 421 g/mol. The van der Waals surface area contributed by atoms with E-state index < -0.39 is 0 Å². The molecule has 2 N–H and O–H groups in total. The number of ether oxygens (including phenoxy) is 1. The number of hydrogen-bond acceptors (Lipinski definition) is 4. The summed E-state index contributed by atoms with van der Waals surface area (Å²) in [4.78, 5) is 13.9. The van der Waals surface area contributed by atoms with E-state index in [1.807, 2.05) is 7.05 Å². The van der Waals surface area contributed by atoms with Crippen molar-refractivity contribution in [2.75, 3.05) is 25.6 Å². The van der Waals surface area contributed by atoms with Crippen LogP contribution in [0.3, 0.4) is 0 Å². The number of fused-ring (bicyclic) bond motifs is 1. The van der Waals surface area contributed by atoms with Gasteiger partial charge in [-0.1, -0.05) is 37.3 Å². The second-order valence-corrected chi connectivity index (χ2v) is 9.05. The Hall–Kier alpha value is -2.37. The lowest BCUT2D eigenvalue weighted by atomic mass is 9.89. The Labute approximate surface area is 186 Å². The number of anilines is 1. The van der Waals surface area contributed by atoms with Crippen LogP contribution in [0.25, 0.3) is 0 Å². The molecule has 0 aromatic heterocycles. The molecule has 31 heavy (non-hydrogen) atoms. The second kappa shape index (κ2) is 9.84. The number of hydrogen-bond donors (Lipinski definition) is 2. The molecule has 0 saturated carbocycles. The first-order valence-corrected chi connectivity index (χ1v) is 11.5. The third kappa shape index (κ3) is 5.10. The van der Waals surface area contributed by atoms with E-state index in [0.29, 0.717) is 24.4 Å². The van der Waals surface area contributed by atoms with Crippen molar-refractivity contribution in [1.29, 1.82) is 0 Å². The minimum atomic E-state index is 0.184. The Morgan fingerprint density at radius 1 is 1.19 bits per heavy atom. The van der Waals surface area contributed by atoms with E-state index in [-0.39, 0.29) is 5.91 Å². The minimum Gasteiger partial charge on any atom is -0.496 e. The van der Waals surface area contributed by atoms with E-state index in [9.17, 15) is 4.79 Å². The highest BCUT2D eigenvalue weighted by atomic mass is 16.5. The quantitative estimate of drug-likeness (QED) is 0.709. The molecule has 3 atom stereocenters. The normalized spacial score (nSPS) is 22.2. The van der Waals surface area contributed by atoms with Gasteiger partial charge in [-0.15, -0.1) is 0 Å². The smallest absolute Gasteiger partial charge is 0.227 e. The summed E-state index contributed by atoms with van der Waals surface area (Å²) in [5.74, 6) is 1.67. The lowest BCUT2D eigenvalue weighted by Gasteiger charge is -2.32. The highest BCUT2D eigenvalue weighted by Crippen LogP contribution is 2.33. The summed E-state index contributed by atoms with van der Waals surface area (Å²) in [6.45, 7) is 4.05. The van der Waals surface area contributed by atoms with Gasteiger partial charge in [0.15, 0.2) is 0 Å². The standard InChI is InChI=1S/C26H35N3O2/c1-18(19-7-5-4-6-8-19)13-22-10-11-23(17-28-22)27-16-21-14-24-20(15-25(21)31-3)9-12-26(30)29(24)2/h4-8,14-15,18,22-23,27-28H,9-13,16-17H2,1-3H3. The molecule has 1 amide bonds. The average molecular weight is 422 g/mol. The summed E-state index contributed by atoms with van der Waals surface area (Å²) in [6, 6.07) is 16.1. The fourth-order valence-electron chi connectivity index (χ4n) is 4.93. The molecule has 2 aliphatic heterocycles. The first-order valence-electron chi connectivity index (χ1n) is 11.5. The summed E-state index contributed by atoms with van der Waals surface area (Å²) in [5.41, 5.74) is 4.75. The van der Waals surface area contributed by atoms with Crippen LogP contribution in [0.15, 0.2) is 42.5 Å². The number of benzene rings is 2. The van der Waals surface area contributed by atoms with Crippen molar-refractivity contribution in [2.45, 2.75) is 63.6 Å². The SMILES string of the molecule is COc1cc2c(cc1CNC1CCC(CC(C)c3ccccc3)NC1)N(C)C(=O)CC2. The van der Waals surface area contributed by atoms with Gasteiger partial charge in [0.2, 0.25) is 5.91 Å². The number of carbonyl (C=O) groups excluding carboxylic acids is 1. The fourth-order valence-corrected chi connectivity index (χ4v) is 4.93. The molecule has 2 aromatic carbocycles. The molecule has 1 fully saturated rings. The third-order valence-electron chi connectivity index (χ3n) is 6.93. The summed E-state index contributed by atoms with van der Waals surface area (Å²) >= 11 is 0. The molecular weight excluding hydrogens is 386 g/mol. The van der Waals surface area contributed by atoms with E-state index in [1.54, 1.807) is 12.0 Å². The van der Waals surface area contributed by atoms with Crippen molar-refractivity contribution in [3.8, 4) is 5.75 Å². The molecule has 0 aliphatic carbocycles. The maximum Gasteiger partial charge on any atom is 0.227 e. The Kier molecular flexibility index (Phi) is 6.93. The van der Waals surface area contributed by atoms with Gasteiger partial charge in [0.1, 0.15) is 5.75 Å². The predicted octanol–water partition coefficient (Wildman–Crippen LogP) is 4.01. The molecule has 166 valence electrons. The molecule has 1 saturated heterocycles. The van der Waals surface area contributed by atoms with Gasteiger partial charge in [-0.3, -0.25) is 4.79 Å². The summed E-state index contributed by atoms with van der Waals surface area (Å²) in [6.07, 6.45) is 4.90. The van der Waals surface area contributed by atoms with E-state index in [4.69, 9.17) is 4.74 Å². The zero-order chi connectivity index (χ0) is 21.8. The van der Waals surface area contributed by atoms with Crippen molar-refractivity contribution < 1.29 is 9.53 Å². The van der Waals surface area contributed by atoms with Gasteiger partial charge in [0.25, 0.3) is 0 Å².